The molecule has 0 radical (unpaired) electrons. The molecule has 0 amide bonds. The molecule has 18 nitrogen and oxygen atoms in total. The fourth-order valence-electron chi connectivity index (χ4n) is 5.68. The molecule has 1 aliphatic carbocycles. The van der Waals surface area contributed by atoms with Crippen LogP contribution in [0.15, 0.2) is 0 Å². The van der Waals surface area contributed by atoms with E-state index in [2.05, 4.69) is 0 Å². The lowest BCUT2D eigenvalue weighted by molar-refractivity contribution is -0.298. The SMILES string of the molecule is NCC1OC(OC2C(CO)OC(OC3C(O)C(N)CC(N)C3OC3OC(CO)C(O)CC3N)C2O)C(N)C(O)C1O. The summed E-state index contributed by atoms with van der Waals surface area (Å²) in [6.07, 6.45) is -17.3. The number of ether oxygens (including phenoxy) is 6. The molecule has 0 aromatic carbocycles. The highest BCUT2D eigenvalue weighted by Crippen LogP contribution is 2.34. The van der Waals surface area contributed by atoms with Crippen molar-refractivity contribution in [3.8, 4) is 0 Å². The highest BCUT2D eigenvalue weighted by molar-refractivity contribution is 5.01. The van der Waals surface area contributed by atoms with Crippen molar-refractivity contribution in [2.24, 2.45) is 28.7 Å². The van der Waals surface area contributed by atoms with Crippen molar-refractivity contribution in [2.75, 3.05) is 19.8 Å². The van der Waals surface area contributed by atoms with Crippen LogP contribution in [0.25, 0.3) is 0 Å². The van der Waals surface area contributed by atoms with E-state index in [1.54, 1.807) is 0 Å². The Bertz CT molecular complexity index is 837. The van der Waals surface area contributed by atoms with Crippen molar-refractivity contribution in [1.82, 2.24) is 0 Å². The van der Waals surface area contributed by atoms with E-state index >= 15 is 0 Å². The van der Waals surface area contributed by atoms with E-state index < -0.39 is 123 Å². The molecular formula is C23H45N5O13. The molecule has 0 spiro atoms. The zero-order valence-electron chi connectivity index (χ0n) is 22.4. The number of nitrogens with two attached hydrogens (primary N) is 5. The Morgan fingerprint density at radius 2 is 1.15 bits per heavy atom. The zero-order chi connectivity index (χ0) is 30.2. The predicted octanol–water partition coefficient (Wildman–Crippen LogP) is -7.83. The van der Waals surface area contributed by atoms with Crippen LogP contribution in [0.3, 0.4) is 0 Å². The molecule has 41 heavy (non-hydrogen) atoms. The Kier molecular flexibility index (Phi) is 11.3. The Balaban J connectivity index is 1.48. The van der Waals surface area contributed by atoms with E-state index in [-0.39, 0.29) is 19.4 Å². The fourth-order valence-corrected chi connectivity index (χ4v) is 5.68. The third kappa shape index (κ3) is 6.85. The Hall–Kier alpha value is -0.720. The van der Waals surface area contributed by atoms with E-state index in [9.17, 15) is 35.7 Å². The third-order valence-electron chi connectivity index (χ3n) is 8.17. The highest BCUT2D eigenvalue weighted by Gasteiger charge is 2.53. The van der Waals surface area contributed by atoms with Crippen molar-refractivity contribution in [1.29, 1.82) is 0 Å². The first kappa shape index (κ1) is 33.2. The maximum Gasteiger partial charge on any atom is 0.187 e. The first-order chi connectivity index (χ1) is 19.4. The normalized spacial score (nSPS) is 53.0. The number of aliphatic hydroxyl groups excluding tert-OH is 7. The van der Waals surface area contributed by atoms with E-state index in [1.165, 1.54) is 0 Å². The maximum absolute atomic E-state index is 11.1. The molecule has 0 aromatic rings. The van der Waals surface area contributed by atoms with Gasteiger partial charge in [0.2, 0.25) is 0 Å². The maximum atomic E-state index is 11.1. The number of hydrogen-bond acceptors (Lipinski definition) is 18. The molecule has 3 heterocycles. The van der Waals surface area contributed by atoms with Gasteiger partial charge in [0, 0.05) is 18.6 Å². The summed E-state index contributed by atoms with van der Waals surface area (Å²) in [4.78, 5) is 0. The standard InChI is InChI=1S/C23H45N5O13/c24-3-10-15(33)16(34)13(28)22(36-10)40-19-12(5-30)38-23(17(19)35)41-20-14(32)6(25)1-7(26)18(20)39-21-8(27)2-9(31)11(4-29)37-21/h6-23,29-35H,1-5,24-28H2. The minimum atomic E-state index is -1.58. The summed E-state index contributed by atoms with van der Waals surface area (Å²) in [5.41, 5.74) is 30.1. The highest BCUT2D eigenvalue weighted by atomic mass is 16.8. The third-order valence-corrected chi connectivity index (χ3v) is 8.17. The summed E-state index contributed by atoms with van der Waals surface area (Å²) < 4.78 is 34.7. The fraction of sp³-hybridized carbons (Fsp3) is 1.00. The molecule has 4 rings (SSSR count). The first-order valence-electron chi connectivity index (χ1n) is 13.7. The van der Waals surface area contributed by atoms with Crippen LogP contribution in [-0.4, -0.2) is 166 Å². The van der Waals surface area contributed by atoms with Crippen LogP contribution >= 0.6 is 0 Å². The first-order valence-corrected chi connectivity index (χ1v) is 13.7. The summed E-state index contributed by atoms with van der Waals surface area (Å²) >= 11 is 0. The molecule has 1 saturated carbocycles. The topological polar surface area (TPSA) is 327 Å². The lowest BCUT2D eigenvalue weighted by atomic mass is 9.84. The van der Waals surface area contributed by atoms with Crippen molar-refractivity contribution in [3.63, 3.8) is 0 Å². The van der Waals surface area contributed by atoms with Crippen molar-refractivity contribution < 1.29 is 64.2 Å². The average Bonchev–Trinajstić information content (AvgIpc) is 3.24. The summed E-state index contributed by atoms with van der Waals surface area (Å²) in [7, 11) is 0. The van der Waals surface area contributed by atoms with Gasteiger partial charge in [-0.05, 0) is 12.8 Å². The lowest BCUT2D eigenvalue weighted by Gasteiger charge is -2.46. The van der Waals surface area contributed by atoms with Crippen LogP contribution in [0.5, 0.6) is 0 Å². The predicted molar refractivity (Wildman–Crippen MR) is 135 cm³/mol. The monoisotopic (exact) mass is 599 g/mol. The van der Waals surface area contributed by atoms with E-state index in [0.717, 1.165) is 0 Å². The van der Waals surface area contributed by atoms with Gasteiger partial charge in [-0.1, -0.05) is 0 Å². The average molecular weight is 600 g/mol. The van der Waals surface area contributed by atoms with Crippen molar-refractivity contribution >= 4 is 0 Å². The van der Waals surface area contributed by atoms with Gasteiger partial charge in [0.15, 0.2) is 18.9 Å². The summed E-state index contributed by atoms with van der Waals surface area (Å²) in [5.74, 6) is 0. The van der Waals surface area contributed by atoms with Crippen LogP contribution in [0.4, 0.5) is 0 Å². The molecule has 17 N–H and O–H groups in total. The molecular weight excluding hydrogens is 554 g/mol. The molecule has 4 aliphatic rings. The molecule has 0 aromatic heterocycles. The van der Waals surface area contributed by atoms with Crippen LogP contribution < -0.4 is 28.7 Å². The van der Waals surface area contributed by atoms with Gasteiger partial charge in [0.25, 0.3) is 0 Å². The van der Waals surface area contributed by atoms with Gasteiger partial charge in [0.05, 0.1) is 37.5 Å². The van der Waals surface area contributed by atoms with Gasteiger partial charge in [-0.15, -0.1) is 0 Å². The molecule has 4 fully saturated rings. The Labute approximate surface area is 236 Å². The number of aliphatic hydroxyl groups is 7. The zero-order valence-corrected chi connectivity index (χ0v) is 22.4. The number of rotatable bonds is 9. The Morgan fingerprint density at radius 3 is 1.78 bits per heavy atom. The molecule has 18 atom stereocenters. The molecule has 18 unspecified atom stereocenters. The summed E-state index contributed by atoms with van der Waals surface area (Å²) in [5, 5.41) is 72.0. The lowest BCUT2D eigenvalue weighted by Crippen LogP contribution is -2.66. The smallest absolute Gasteiger partial charge is 0.187 e. The van der Waals surface area contributed by atoms with Gasteiger partial charge >= 0.3 is 0 Å². The van der Waals surface area contributed by atoms with Gasteiger partial charge < -0.3 is 92.8 Å². The second-order valence-corrected chi connectivity index (χ2v) is 11.1. The molecule has 240 valence electrons. The van der Waals surface area contributed by atoms with Gasteiger partial charge in [-0.3, -0.25) is 0 Å². The van der Waals surface area contributed by atoms with E-state index in [1.807, 2.05) is 0 Å². The van der Waals surface area contributed by atoms with Crippen LogP contribution in [0, 0.1) is 0 Å². The molecule has 18 heteroatoms. The van der Waals surface area contributed by atoms with Crippen LogP contribution in [0.1, 0.15) is 12.8 Å². The second kappa shape index (κ2) is 13.9. The minimum Gasteiger partial charge on any atom is -0.394 e. The quantitative estimate of drug-likeness (QED) is 0.117. The van der Waals surface area contributed by atoms with Crippen LogP contribution in [0.2, 0.25) is 0 Å². The summed E-state index contributed by atoms with van der Waals surface area (Å²) in [6, 6.07) is -3.65. The molecule has 3 saturated heterocycles. The van der Waals surface area contributed by atoms with E-state index in [4.69, 9.17) is 57.1 Å². The Morgan fingerprint density at radius 1 is 0.561 bits per heavy atom. The largest absolute Gasteiger partial charge is 0.394 e. The van der Waals surface area contributed by atoms with Crippen LogP contribution in [-0.2, 0) is 28.4 Å². The van der Waals surface area contributed by atoms with Gasteiger partial charge in [0.1, 0.15) is 54.9 Å². The number of hydrogen-bond donors (Lipinski definition) is 12. The van der Waals surface area contributed by atoms with Crippen molar-refractivity contribution in [2.45, 2.75) is 123 Å². The second-order valence-electron chi connectivity index (χ2n) is 11.1. The summed E-state index contributed by atoms with van der Waals surface area (Å²) in [6.45, 7) is -1.27. The van der Waals surface area contributed by atoms with Crippen molar-refractivity contribution in [3.05, 3.63) is 0 Å². The molecule has 0 bridgehead atoms. The van der Waals surface area contributed by atoms with Gasteiger partial charge in [-0.2, -0.15) is 0 Å². The molecule has 3 aliphatic heterocycles. The van der Waals surface area contributed by atoms with E-state index in [0.29, 0.717) is 0 Å². The minimum absolute atomic E-state index is 0.0647. The van der Waals surface area contributed by atoms with Gasteiger partial charge in [-0.25, -0.2) is 0 Å².